The number of hydrogen-bond donors (Lipinski definition) is 0. The summed E-state index contributed by atoms with van der Waals surface area (Å²) in [7, 11) is 0. The fourth-order valence-corrected chi connectivity index (χ4v) is 7.38. The number of benzene rings is 4. The van der Waals surface area contributed by atoms with Crippen molar-refractivity contribution in [2.45, 2.75) is 154 Å². The van der Waals surface area contributed by atoms with Gasteiger partial charge in [-0.15, -0.1) is 0 Å². The van der Waals surface area contributed by atoms with Gasteiger partial charge in [0.15, 0.2) is 6.29 Å². The minimum atomic E-state index is -0.650. The normalized spacial score (nSPS) is 19.6. The molecule has 4 aromatic rings. The SMILES string of the molecule is CCCCCCCCCCCCCCCCOC1O[C@H](COCc2ccccc2)[C@@H](OCc2ccccc2)[C@H](OCc2ccccc2)[C@H]1OCc1ccccc1. The molecule has 6 nitrogen and oxygen atoms in total. The second kappa shape index (κ2) is 27.3. The topological polar surface area (TPSA) is 55.4 Å². The van der Waals surface area contributed by atoms with Crippen molar-refractivity contribution in [3.8, 4) is 0 Å². The molecule has 1 aliphatic rings. The summed E-state index contributed by atoms with van der Waals surface area (Å²) in [4.78, 5) is 0. The van der Waals surface area contributed by atoms with Crippen molar-refractivity contribution < 1.29 is 28.4 Å². The van der Waals surface area contributed by atoms with Crippen molar-refractivity contribution >= 4 is 0 Å². The maximum absolute atomic E-state index is 6.86. The third kappa shape index (κ3) is 16.6. The van der Waals surface area contributed by atoms with Crippen molar-refractivity contribution in [1.82, 2.24) is 0 Å². The highest BCUT2D eigenvalue weighted by Crippen LogP contribution is 2.32. The first-order chi connectivity index (χ1) is 27.8. The van der Waals surface area contributed by atoms with Gasteiger partial charge >= 0.3 is 0 Å². The van der Waals surface area contributed by atoms with Crippen LogP contribution < -0.4 is 0 Å². The summed E-state index contributed by atoms with van der Waals surface area (Å²) in [5.74, 6) is 0. The minimum Gasteiger partial charge on any atom is -0.374 e. The monoisotopic (exact) mass is 765 g/mol. The molecule has 0 aromatic heterocycles. The molecule has 0 aliphatic carbocycles. The zero-order valence-electron chi connectivity index (χ0n) is 34.0. The number of hydrogen-bond acceptors (Lipinski definition) is 6. The van der Waals surface area contributed by atoms with Gasteiger partial charge in [0.25, 0.3) is 0 Å². The van der Waals surface area contributed by atoms with Gasteiger partial charge in [0.1, 0.15) is 24.4 Å². The molecule has 1 unspecified atom stereocenters. The van der Waals surface area contributed by atoms with Crippen LogP contribution in [0.4, 0.5) is 0 Å². The molecule has 6 heteroatoms. The zero-order chi connectivity index (χ0) is 38.7. The van der Waals surface area contributed by atoms with Crippen molar-refractivity contribution in [2.24, 2.45) is 0 Å². The summed E-state index contributed by atoms with van der Waals surface area (Å²) >= 11 is 0. The molecule has 1 saturated heterocycles. The Labute approximate surface area is 338 Å². The number of ether oxygens (including phenoxy) is 6. The van der Waals surface area contributed by atoms with E-state index in [1.54, 1.807) is 0 Å². The first kappa shape index (κ1) is 43.8. The van der Waals surface area contributed by atoms with Gasteiger partial charge in [-0.1, -0.05) is 212 Å². The molecule has 5 atom stereocenters. The summed E-state index contributed by atoms with van der Waals surface area (Å²) in [5.41, 5.74) is 4.35. The van der Waals surface area contributed by atoms with E-state index >= 15 is 0 Å². The third-order valence-electron chi connectivity index (χ3n) is 10.6. The van der Waals surface area contributed by atoms with E-state index in [0.29, 0.717) is 39.6 Å². The molecule has 5 rings (SSSR count). The van der Waals surface area contributed by atoms with Crippen LogP contribution in [0.1, 0.15) is 119 Å². The van der Waals surface area contributed by atoms with Gasteiger partial charge in [-0.3, -0.25) is 0 Å². The number of rotatable bonds is 29. The van der Waals surface area contributed by atoms with Crippen LogP contribution in [0.5, 0.6) is 0 Å². The van der Waals surface area contributed by atoms with Crippen LogP contribution in [-0.2, 0) is 54.8 Å². The van der Waals surface area contributed by atoms with E-state index in [1.807, 2.05) is 72.8 Å². The van der Waals surface area contributed by atoms with Crippen molar-refractivity contribution in [2.75, 3.05) is 13.2 Å². The fourth-order valence-electron chi connectivity index (χ4n) is 7.38. The molecule has 1 heterocycles. The fraction of sp³-hybridized carbons (Fsp3) is 0.520. The van der Waals surface area contributed by atoms with Crippen LogP contribution in [-0.4, -0.2) is 43.9 Å². The molecule has 4 aromatic carbocycles. The predicted molar refractivity (Wildman–Crippen MR) is 226 cm³/mol. The van der Waals surface area contributed by atoms with Crippen molar-refractivity contribution in [3.63, 3.8) is 0 Å². The van der Waals surface area contributed by atoms with Gasteiger partial charge in [-0.25, -0.2) is 0 Å². The molecule has 0 spiro atoms. The lowest BCUT2D eigenvalue weighted by Gasteiger charge is -2.46. The van der Waals surface area contributed by atoms with E-state index < -0.39 is 30.7 Å². The van der Waals surface area contributed by atoms with E-state index in [1.165, 1.54) is 77.0 Å². The van der Waals surface area contributed by atoms with Crippen LogP contribution in [0.25, 0.3) is 0 Å². The van der Waals surface area contributed by atoms with Gasteiger partial charge in [-0.05, 0) is 28.7 Å². The first-order valence-electron chi connectivity index (χ1n) is 21.7. The van der Waals surface area contributed by atoms with Crippen LogP contribution in [0.2, 0.25) is 0 Å². The molecular weight excluding hydrogens is 697 g/mol. The Kier molecular flexibility index (Phi) is 21.3. The van der Waals surface area contributed by atoms with Crippen LogP contribution in [0, 0.1) is 0 Å². The summed E-state index contributed by atoms with van der Waals surface area (Å²) < 4.78 is 40.2. The molecule has 0 N–H and O–H groups in total. The lowest BCUT2D eigenvalue weighted by molar-refractivity contribution is -0.328. The second-order valence-corrected chi connectivity index (χ2v) is 15.3. The predicted octanol–water partition coefficient (Wildman–Crippen LogP) is 12.2. The smallest absolute Gasteiger partial charge is 0.186 e. The Morgan fingerprint density at radius 1 is 0.393 bits per heavy atom. The molecule has 0 saturated carbocycles. The summed E-state index contributed by atoms with van der Waals surface area (Å²) in [6.45, 7) is 4.89. The van der Waals surface area contributed by atoms with Gasteiger partial charge in [0, 0.05) is 6.61 Å². The largest absolute Gasteiger partial charge is 0.374 e. The lowest BCUT2D eigenvalue weighted by Crippen LogP contribution is -2.61. The molecule has 0 bridgehead atoms. The standard InChI is InChI=1S/C50H68O6/c1-2-3-4-5-6-7-8-9-10-11-12-13-14-27-36-52-50-49(55-40-45-34-25-18-26-35-45)48(54-39-44-32-23-17-24-33-44)47(53-38-43-30-21-16-22-31-43)46(56-50)41-51-37-42-28-19-15-20-29-42/h15-26,28-35,46-50H,2-14,27,36-41H2,1H3/t46-,47-,48+,49-,50?/m1/s1. The Morgan fingerprint density at radius 3 is 1.21 bits per heavy atom. The highest BCUT2D eigenvalue weighted by Gasteiger charge is 2.49. The first-order valence-corrected chi connectivity index (χ1v) is 21.7. The van der Waals surface area contributed by atoms with E-state index in [-0.39, 0.29) is 0 Å². The number of unbranched alkanes of at least 4 members (excludes halogenated alkanes) is 13. The Morgan fingerprint density at radius 2 is 0.768 bits per heavy atom. The van der Waals surface area contributed by atoms with E-state index in [4.69, 9.17) is 28.4 Å². The molecule has 1 aliphatic heterocycles. The second-order valence-electron chi connectivity index (χ2n) is 15.3. The van der Waals surface area contributed by atoms with E-state index in [9.17, 15) is 0 Å². The van der Waals surface area contributed by atoms with E-state index in [2.05, 4.69) is 55.5 Å². The Balaban J connectivity index is 1.23. The highest BCUT2D eigenvalue weighted by atomic mass is 16.7. The third-order valence-corrected chi connectivity index (χ3v) is 10.6. The quantitative estimate of drug-likeness (QED) is 0.0513. The van der Waals surface area contributed by atoms with Gasteiger partial charge in [0.2, 0.25) is 0 Å². The van der Waals surface area contributed by atoms with Crippen LogP contribution >= 0.6 is 0 Å². The zero-order valence-corrected chi connectivity index (χ0v) is 34.0. The maximum Gasteiger partial charge on any atom is 0.186 e. The molecule has 0 amide bonds. The molecule has 56 heavy (non-hydrogen) atoms. The van der Waals surface area contributed by atoms with Gasteiger partial charge < -0.3 is 28.4 Å². The molecule has 304 valence electrons. The average Bonchev–Trinajstić information content (AvgIpc) is 3.25. The van der Waals surface area contributed by atoms with Crippen molar-refractivity contribution in [3.05, 3.63) is 144 Å². The average molecular weight is 765 g/mol. The van der Waals surface area contributed by atoms with Crippen LogP contribution in [0.3, 0.4) is 0 Å². The van der Waals surface area contributed by atoms with Gasteiger partial charge in [0.05, 0.1) is 33.0 Å². The van der Waals surface area contributed by atoms with E-state index in [0.717, 1.165) is 35.1 Å². The van der Waals surface area contributed by atoms with Crippen molar-refractivity contribution in [1.29, 1.82) is 0 Å². The Bertz CT molecular complexity index is 1500. The molecule has 0 radical (unpaired) electrons. The Hall–Kier alpha value is -3.36. The minimum absolute atomic E-state index is 0.323. The molecular formula is C50H68O6. The lowest BCUT2D eigenvalue weighted by atomic mass is 9.97. The summed E-state index contributed by atoms with van der Waals surface area (Å²) in [6, 6.07) is 41.0. The van der Waals surface area contributed by atoms with Gasteiger partial charge in [-0.2, -0.15) is 0 Å². The maximum atomic E-state index is 6.86. The van der Waals surface area contributed by atoms with Crippen LogP contribution in [0.15, 0.2) is 121 Å². The summed E-state index contributed by atoms with van der Waals surface area (Å²) in [5, 5.41) is 0. The summed E-state index contributed by atoms with van der Waals surface area (Å²) in [6.07, 6.45) is 15.8. The highest BCUT2D eigenvalue weighted by molar-refractivity contribution is 5.16. The molecule has 1 fully saturated rings.